The first-order chi connectivity index (χ1) is 9.86. The summed E-state index contributed by atoms with van der Waals surface area (Å²) in [6.07, 6.45) is 3.64. The lowest BCUT2D eigenvalue weighted by Crippen LogP contribution is -2.44. The van der Waals surface area contributed by atoms with E-state index in [1.807, 2.05) is 0 Å². The fourth-order valence-electron chi connectivity index (χ4n) is 2.63. The second kappa shape index (κ2) is 6.34. The highest BCUT2D eigenvalue weighted by atomic mass is 35.5. The van der Waals surface area contributed by atoms with Crippen LogP contribution in [-0.2, 0) is 14.8 Å². The number of benzene rings is 1. The minimum Gasteiger partial charge on any atom is -0.481 e. The third-order valence-electron chi connectivity index (χ3n) is 3.99. The van der Waals surface area contributed by atoms with Gasteiger partial charge in [-0.1, -0.05) is 30.9 Å². The Balaban J connectivity index is 2.13. The Kier molecular flexibility index (Phi) is 4.91. The van der Waals surface area contributed by atoms with E-state index in [1.54, 1.807) is 0 Å². The number of aliphatic carboxylic acids is 1. The van der Waals surface area contributed by atoms with E-state index in [2.05, 4.69) is 4.72 Å². The Bertz CT molecular complexity index is 606. The SMILES string of the molecule is O=C(O)C1(CNS(=O)(=O)c2ccc(Cl)cc2)CCCCC1. The largest absolute Gasteiger partial charge is 0.481 e. The van der Waals surface area contributed by atoms with Gasteiger partial charge in [0.25, 0.3) is 0 Å². The molecule has 0 aliphatic heterocycles. The van der Waals surface area contributed by atoms with Crippen molar-refractivity contribution in [2.24, 2.45) is 5.41 Å². The molecular formula is C14H18ClNO4S. The molecule has 21 heavy (non-hydrogen) atoms. The predicted octanol–water partition coefficient (Wildman–Crippen LogP) is 2.65. The molecule has 1 saturated carbocycles. The molecule has 0 amide bonds. The fourth-order valence-corrected chi connectivity index (χ4v) is 3.88. The van der Waals surface area contributed by atoms with Crippen LogP contribution >= 0.6 is 11.6 Å². The Hall–Kier alpha value is -1.11. The van der Waals surface area contributed by atoms with Crippen LogP contribution in [0.15, 0.2) is 29.2 Å². The third kappa shape index (κ3) is 3.75. The predicted molar refractivity (Wildman–Crippen MR) is 79.8 cm³/mol. The summed E-state index contributed by atoms with van der Waals surface area (Å²) in [5.41, 5.74) is -0.988. The number of halogens is 1. The molecule has 0 spiro atoms. The van der Waals surface area contributed by atoms with Crippen LogP contribution < -0.4 is 4.72 Å². The minimum atomic E-state index is -3.72. The van der Waals surface area contributed by atoms with Crippen LogP contribution in [0.2, 0.25) is 5.02 Å². The van der Waals surface area contributed by atoms with Crippen LogP contribution in [-0.4, -0.2) is 26.0 Å². The smallest absolute Gasteiger partial charge is 0.310 e. The van der Waals surface area contributed by atoms with E-state index in [0.29, 0.717) is 17.9 Å². The van der Waals surface area contributed by atoms with Gasteiger partial charge in [0.05, 0.1) is 10.3 Å². The van der Waals surface area contributed by atoms with Crippen molar-refractivity contribution in [3.63, 3.8) is 0 Å². The van der Waals surface area contributed by atoms with Crippen molar-refractivity contribution >= 4 is 27.6 Å². The van der Waals surface area contributed by atoms with Gasteiger partial charge in [-0.3, -0.25) is 4.79 Å². The monoisotopic (exact) mass is 331 g/mol. The van der Waals surface area contributed by atoms with Crippen molar-refractivity contribution in [3.8, 4) is 0 Å². The molecule has 1 aromatic carbocycles. The van der Waals surface area contributed by atoms with E-state index in [4.69, 9.17) is 11.6 Å². The Morgan fingerprint density at radius 2 is 1.76 bits per heavy atom. The zero-order valence-corrected chi connectivity index (χ0v) is 13.1. The highest BCUT2D eigenvalue weighted by Gasteiger charge is 2.40. The molecule has 5 nitrogen and oxygen atoms in total. The molecule has 1 aromatic rings. The number of rotatable bonds is 5. The van der Waals surface area contributed by atoms with E-state index >= 15 is 0 Å². The van der Waals surface area contributed by atoms with Crippen LogP contribution in [0.25, 0.3) is 0 Å². The van der Waals surface area contributed by atoms with Gasteiger partial charge in [0.1, 0.15) is 0 Å². The number of hydrogen-bond acceptors (Lipinski definition) is 3. The lowest BCUT2D eigenvalue weighted by Gasteiger charge is -2.33. The number of carboxylic acids is 1. The summed E-state index contributed by atoms with van der Waals surface area (Å²) < 4.78 is 26.8. The quantitative estimate of drug-likeness (QED) is 0.868. The topological polar surface area (TPSA) is 83.5 Å². The number of nitrogens with one attached hydrogen (secondary N) is 1. The summed E-state index contributed by atoms with van der Waals surface area (Å²) in [4.78, 5) is 11.6. The Morgan fingerprint density at radius 1 is 1.19 bits per heavy atom. The summed E-state index contributed by atoms with van der Waals surface area (Å²) >= 11 is 5.73. The second-order valence-corrected chi connectivity index (χ2v) is 7.63. The summed E-state index contributed by atoms with van der Waals surface area (Å²) in [6.45, 7) is -0.0761. The first-order valence-electron chi connectivity index (χ1n) is 6.84. The molecule has 1 fully saturated rings. The molecule has 0 atom stereocenters. The van der Waals surface area contributed by atoms with Gasteiger partial charge in [-0.2, -0.15) is 0 Å². The molecular weight excluding hydrogens is 314 g/mol. The molecule has 0 saturated heterocycles. The zero-order chi connectivity index (χ0) is 15.5. The van der Waals surface area contributed by atoms with Crippen molar-refractivity contribution in [2.45, 2.75) is 37.0 Å². The first-order valence-corrected chi connectivity index (χ1v) is 8.71. The van der Waals surface area contributed by atoms with Gasteiger partial charge in [0.15, 0.2) is 0 Å². The highest BCUT2D eigenvalue weighted by molar-refractivity contribution is 7.89. The lowest BCUT2D eigenvalue weighted by atomic mass is 9.74. The van der Waals surface area contributed by atoms with E-state index in [-0.39, 0.29) is 11.4 Å². The standard InChI is InChI=1S/C14H18ClNO4S/c15-11-4-6-12(7-5-11)21(19,20)16-10-14(13(17)18)8-2-1-3-9-14/h4-7,16H,1-3,8-10H2,(H,17,18). The van der Waals surface area contributed by atoms with Crippen LogP contribution in [0.1, 0.15) is 32.1 Å². The lowest BCUT2D eigenvalue weighted by molar-refractivity contribution is -0.150. The van der Waals surface area contributed by atoms with Gasteiger partial charge in [0.2, 0.25) is 10.0 Å². The van der Waals surface area contributed by atoms with Gasteiger partial charge >= 0.3 is 5.97 Å². The Morgan fingerprint density at radius 3 is 2.29 bits per heavy atom. The molecule has 1 aliphatic rings. The van der Waals surface area contributed by atoms with Crippen LogP contribution in [0.4, 0.5) is 0 Å². The van der Waals surface area contributed by atoms with Gasteiger partial charge in [0, 0.05) is 11.6 Å². The second-order valence-electron chi connectivity index (χ2n) is 5.42. The molecule has 0 aromatic heterocycles. The molecule has 2 rings (SSSR count). The van der Waals surface area contributed by atoms with Crippen molar-refractivity contribution in [1.82, 2.24) is 4.72 Å². The van der Waals surface area contributed by atoms with Gasteiger partial charge in [-0.25, -0.2) is 13.1 Å². The molecule has 7 heteroatoms. The van der Waals surface area contributed by atoms with E-state index in [1.165, 1.54) is 24.3 Å². The van der Waals surface area contributed by atoms with Gasteiger partial charge in [-0.05, 0) is 37.1 Å². The maximum Gasteiger partial charge on any atom is 0.310 e. The Labute approximate surface area is 129 Å². The molecule has 0 heterocycles. The molecule has 0 bridgehead atoms. The van der Waals surface area contributed by atoms with E-state index in [0.717, 1.165) is 19.3 Å². The van der Waals surface area contributed by atoms with E-state index in [9.17, 15) is 18.3 Å². The van der Waals surface area contributed by atoms with Crippen molar-refractivity contribution in [3.05, 3.63) is 29.3 Å². The number of carboxylic acid groups (broad SMARTS) is 1. The number of carbonyl (C=O) groups is 1. The third-order valence-corrected chi connectivity index (χ3v) is 5.66. The van der Waals surface area contributed by atoms with Crippen LogP contribution in [0.3, 0.4) is 0 Å². The summed E-state index contributed by atoms with van der Waals surface area (Å²) in [6, 6.07) is 5.78. The van der Waals surface area contributed by atoms with Crippen LogP contribution in [0, 0.1) is 5.41 Å². The number of hydrogen-bond donors (Lipinski definition) is 2. The first kappa shape index (κ1) is 16.3. The zero-order valence-electron chi connectivity index (χ0n) is 11.5. The normalized spacial score (nSPS) is 18.3. The summed E-state index contributed by atoms with van der Waals surface area (Å²) in [5, 5.41) is 9.89. The summed E-state index contributed by atoms with van der Waals surface area (Å²) in [7, 11) is -3.72. The molecule has 116 valence electrons. The van der Waals surface area contributed by atoms with Gasteiger partial charge in [-0.15, -0.1) is 0 Å². The van der Waals surface area contributed by atoms with Crippen molar-refractivity contribution in [1.29, 1.82) is 0 Å². The maximum absolute atomic E-state index is 12.2. The van der Waals surface area contributed by atoms with Crippen LogP contribution in [0.5, 0.6) is 0 Å². The van der Waals surface area contributed by atoms with E-state index < -0.39 is 21.4 Å². The molecule has 1 aliphatic carbocycles. The highest BCUT2D eigenvalue weighted by Crippen LogP contribution is 2.36. The minimum absolute atomic E-state index is 0.0761. The molecule has 2 N–H and O–H groups in total. The molecule has 0 unspecified atom stereocenters. The average molecular weight is 332 g/mol. The maximum atomic E-state index is 12.2. The van der Waals surface area contributed by atoms with Crippen molar-refractivity contribution in [2.75, 3.05) is 6.54 Å². The molecule has 0 radical (unpaired) electrons. The van der Waals surface area contributed by atoms with Crippen molar-refractivity contribution < 1.29 is 18.3 Å². The fraction of sp³-hybridized carbons (Fsp3) is 0.500. The number of sulfonamides is 1. The average Bonchev–Trinajstić information content (AvgIpc) is 2.46. The van der Waals surface area contributed by atoms with Gasteiger partial charge < -0.3 is 5.11 Å². The summed E-state index contributed by atoms with van der Waals surface area (Å²) in [5.74, 6) is -0.930.